The molecular formula is C22H27N3O3. The zero-order valence-electron chi connectivity index (χ0n) is 16.2. The van der Waals surface area contributed by atoms with E-state index in [0.717, 1.165) is 30.6 Å². The lowest BCUT2D eigenvalue weighted by Crippen LogP contribution is -2.28. The quantitative estimate of drug-likeness (QED) is 0.389. The molecule has 3 rings (SSSR count). The van der Waals surface area contributed by atoms with E-state index in [9.17, 15) is 4.79 Å². The number of piperidine rings is 1. The van der Waals surface area contributed by atoms with Crippen molar-refractivity contribution in [1.82, 2.24) is 5.32 Å². The van der Waals surface area contributed by atoms with Crippen molar-refractivity contribution < 1.29 is 14.3 Å². The van der Waals surface area contributed by atoms with Crippen molar-refractivity contribution >= 4 is 11.8 Å². The molecule has 1 fully saturated rings. The Morgan fingerprint density at radius 2 is 1.89 bits per heavy atom. The fraction of sp³-hybridized carbons (Fsp3) is 0.364. The molecule has 6 heteroatoms. The monoisotopic (exact) mass is 381 g/mol. The molecule has 0 radical (unpaired) electrons. The Morgan fingerprint density at radius 1 is 1.14 bits per heavy atom. The van der Waals surface area contributed by atoms with Crippen molar-refractivity contribution in [3.8, 4) is 16.9 Å². The van der Waals surface area contributed by atoms with Crippen LogP contribution >= 0.6 is 0 Å². The number of ether oxygens (including phenoxy) is 2. The van der Waals surface area contributed by atoms with E-state index in [0.29, 0.717) is 29.4 Å². The summed E-state index contributed by atoms with van der Waals surface area (Å²) >= 11 is 0. The molecule has 0 bridgehead atoms. The molecule has 0 unspecified atom stereocenters. The molecule has 28 heavy (non-hydrogen) atoms. The standard InChI is InChI=1S/C22H27N3O3/c1-27-22(26)19-12-18(16-3-2-4-17(11-16)21(23)24)13-20(14-19)28-10-7-15-5-8-25-9-6-15/h2-4,11-15,25H,5-10H2,1H3,(H3,23,24). The number of hydrogen-bond donors (Lipinski definition) is 3. The molecule has 1 saturated heterocycles. The predicted molar refractivity (Wildman–Crippen MR) is 110 cm³/mol. The number of nitrogens with one attached hydrogen (secondary N) is 2. The first-order chi connectivity index (χ1) is 13.6. The zero-order chi connectivity index (χ0) is 19.9. The highest BCUT2D eigenvalue weighted by Crippen LogP contribution is 2.28. The molecule has 1 aliphatic heterocycles. The Bertz CT molecular complexity index is 845. The third-order valence-electron chi connectivity index (χ3n) is 5.09. The highest BCUT2D eigenvalue weighted by molar-refractivity contribution is 5.96. The maximum Gasteiger partial charge on any atom is 0.338 e. The Morgan fingerprint density at radius 3 is 2.61 bits per heavy atom. The maximum absolute atomic E-state index is 12.1. The fourth-order valence-corrected chi connectivity index (χ4v) is 3.46. The minimum absolute atomic E-state index is 0.00409. The Labute approximate surface area is 165 Å². The Hall–Kier alpha value is -2.86. The van der Waals surface area contributed by atoms with Crippen molar-refractivity contribution in [2.45, 2.75) is 19.3 Å². The molecule has 0 saturated carbocycles. The van der Waals surface area contributed by atoms with Gasteiger partial charge in [-0.25, -0.2) is 4.79 Å². The molecule has 2 aromatic carbocycles. The summed E-state index contributed by atoms with van der Waals surface area (Å²) in [7, 11) is 1.36. The molecule has 0 atom stereocenters. The number of methoxy groups -OCH3 is 1. The van der Waals surface area contributed by atoms with Gasteiger partial charge in [0.15, 0.2) is 0 Å². The number of esters is 1. The lowest BCUT2D eigenvalue weighted by Gasteiger charge is -2.22. The second kappa shape index (κ2) is 9.37. The summed E-state index contributed by atoms with van der Waals surface area (Å²) < 4.78 is 10.9. The van der Waals surface area contributed by atoms with Gasteiger partial charge in [-0.1, -0.05) is 18.2 Å². The number of benzene rings is 2. The van der Waals surface area contributed by atoms with Gasteiger partial charge in [-0.15, -0.1) is 0 Å². The van der Waals surface area contributed by atoms with Gasteiger partial charge >= 0.3 is 5.97 Å². The molecule has 6 nitrogen and oxygen atoms in total. The minimum atomic E-state index is -0.409. The van der Waals surface area contributed by atoms with Gasteiger partial charge in [-0.05, 0) is 73.7 Å². The highest BCUT2D eigenvalue weighted by atomic mass is 16.5. The van der Waals surface area contributed by atoms with E-state index < -0.39 is 5.97 Å². The Balaban J connectivity index is 1.81. The van der Waals surface area contributed by atoms with Gasteiger partial charge in [0, 0.05) is 5.56 Å². The Kier molecular flexibility index (Phi) is 6.66. The van der Waals surface area contributed by atoms with Crippen molar-refractivity contribution in [1.29, 1.82) is 5.41 Å². The van der Waals surface area contributed by atoms with Gasteiger partial charge in [0.2, 0.25) is 0 Å². The number of hydrogen-bond acceptors (Lipinski definition) is 5. The minimum Gasteiger partial charge on any atom is -0.494 e. The van der Waals surface area contributed by atoms with Crippen LogP contribution in [0, 0.1) is 11.3 Å². The topological polar surface area (TPSA) is 97.4 Å². The van der Waals surface area contributed by atoms with Crippen molar-refractivity contribution in [2.75, 3.05) is 26.8 Å². The van der Waals surface area contributed by atoms with Gasteiger partial charge in [-0.3, -0.25) is 5.41 Å². The largest absolute Gasteiger partial charge is 0.494 e. The fourth-order valence-electron chi connectivity index (χ4n) is 3.46. The van der Waals surface area contributed by atoms with E-state index in [2.05, 4.69) is 5.32 Å². The zero-order valence-corrected chi connectivity index (χ0v) is 16.2. The summed E-state index contributed by atoms with van der Waals surface area (Å²) in [5.41, 5.74) is 8.36. The molecule has 1 heterocycles. The number of nitrogen functional groups attached to an aromatic ring is 1. The molecule has 148 valence electrons. The maximum atomic E-state index is 12.1. The van der Waals surface area contributed by atoms with Crippen LogP contribution < -0.4 is 15.8 Å². The summed E-state index contributed by atoms with van der Waals surface area (Å²) in [6, 6.07) is 12.8. The molecule has 0 aliphatic carbocycles. The average molecular weight is 381 g/mol. The van der Waals surface area contributed by atoms with Crippen molar-refractivity contribution in [3.63, 3.8) is 0 Å². The van der Waals surface area contributed by atoms with Crippen molar-refractivity contribution in [3.05, 3.63) is 53.6 Å². The van der Waals surface area contributed by atoms with Crippen LogP contribution in [0.25, 0.3) is 11.1 Å². The van der Waals surface area contributed by atoms with Crippen LogP contribution in [0.3, 0.4) is 0 Å². The molecule has 0 spiro atoms. The summed E-state index contributed by atoms with van der Waals surface area (Å²) in [5, 5.41) is 11.0. The molecule has 0 amide bonds. The van der Waals surface area contributed by atoms with Gasteiger partial charge in [0.05, 0.1) is 19.3 Å². The third kappa shape index (κ3) is 5.10. The summed E-state index contributed by atoms with van der Waals surface area (Å²) in [6.07, 6.45) is 3.35. The van der Waals surface area contributed by atoms with Crippen LogP contribution in [-0.2, 0) is 4.74 Å². The third-order valence-corrected chi connectivity index (χ3v) is 5.09. The van der Waals surface area contributed by atoms with E-state index in [4.69, 9.17) is 20.6 Å². The first kappa shape index (κ1) is 19.9. The summed E-state index contributed by atoms with van der Waals surface area (Å²) in [5.74, 6) is 0.911. The first-order valence-electron chi connectivity index (χ1n) is 9.58. The summed E-state index contributed by atoms with van der Waals surface area (Å²) in [4.78, 5) is 12.1. The molecule has 4 N–H and O–H groups in total. The van der Waals surface area contributed by atoms with E-state index in [-0.39, 0.29) is 5.84 Å². The van der Waals surface area contributed by atoms with E-state index in [1.54, 1.807) is 18.2 Å². The summed E-state index contributed by atoms with van der Waals surface area (Å²) in [6.45, 7) is 2.75. The SMILES string of the molecule is COC(=O)c1cc(OCCC2CCNCC2)cc(-c2cccc(C(=N)N)c2)c1. The average Bonchev–Trinajstić information content (AvgIpc) is 2.73. The predicted octanol–water partition coefficient (Wildman–Crippen LogP) is 3.19. The van der Waals surface area contributed by atoms with Crippen LogP contribution in [0.5, 0.6) is 5.75 Å². The van der Waals surface area contributed by atoms with Crippen LogP contribution in [0.1, 0.15) is 35.2 Å². The number of carbonyl (C=O) groups is 1. The van der Waals surface area contributed by atoms with Gasteiger partial charge in [0.1, 0.15) is 11.6 Å². The van der Waals surface area contributed by atoms with E-state index >= 15 is 0 Å². The van der Waals surface area contributed by atoms with Crippen LogP contribution in [0.15, 0.2) is 42.5 Å². The second-order valence-corrected chi connectivity index (χ2v) is 7.06. The lowest BCUT2D eigenvalue weighted by molar-refractivity contribution is 0.0600. The van der Waals surface area contributed by atoms with Gasteiger partial charge in [-0.2, -0.15) is 0 Å². The molecular weight excluding hydrogens is 354 g/mol. The highest BCUT2D eigenvalue weighted by Gasteiger charge is 2.14. The number of amidine groups is 1. The molecule has 0 aromatic heterocycles. The number of carbonyl (C=O) groups excluding carboxylic acids is 1. The molecule has 1 aliphatic rings. The number of rotatable bonds is 7. The van der Waals surface area contributed by atoms with Crippen LogP contribution in [0.2, 0.25) is 0 Å². The van der Waals surface area contributed by atoms with E-state index in [1.807, 2.05) is 24.3 Å². The van der Waals surface area contributed by atoms with Crippen LogP contribution in [0.4, 0.5) is 0 Å². The second-order valence-electron chi connectivity index (χ2n) is 7.06. The smallest absolute Gasteiger partial charge is 0.338 e. The van der Waals surface area contributed by atoms with Gasteiger partial charge < -0.3 is 20.5 Å². The van der Waals surface area contributed by atoms with Crippen molar-refractivity contribution in [2.24, 2.45) is 11.7 Å². The van der Waals surface area contributed by atoms with Crippen LogP contribution in [-0.4, -0.2) is 38.6 Å². The van der Waals surface area contributed by atoms with E-state index in [1.165, 1.54) is 20.0 Å². The van der Waals surface area contributed by atoms with Gasteiger partial charge in [0.25, 0.3) is 0 Å². The lowest BCUT2D eigenvalue weighted by atomic mass is 9.95. The first-order valence-corrected chi connectivity index (χ1v) is 9.58. The number of nitrogens with two attached hydrogens (primary N) is 1. The normalized spacial score (nSPS) is 14.5. The molecule has 2 aromatic rings.